The van der Waals surface area contributed by atoms with E-state index in [-0.39, 0.29) is 0 Å². The molecule has 2 N–H and O–H groups in total. The van der Waals surface area contributed by atoms with Gasteiger partial charge in [0.05, 0.1) is 9.58 Å². The minimum Gasteiger partial charge on any atom is -0.398 e. The van der Waals surface area contributed by atoms with Crippen molar-refractivity contribution in [2.75, 3.05) is 5.73 Å². The quantitative estimate of drug-likeness (QED) is 0.430. The summed E-state index contributed by atoms with van der Waals surface area (Å²) in [7, 11) is 0. The fourth-order valence-corrected chi connectivity index (χ4v) is 2.45. The Labute approximate surface area is 84.8 Å². The summed E-state index contributed by atoms with van der Waals surface area (Å²) in [6.07, 6.45) is 0.841. The van der Waals surface area contributed by atoms with Gasteiger partial charge in [0.25, 0.3) is 0 Å². The zero-order valence-electron chi connectivity index (χ0n) is 6.65. The molecule has 0 saturated carbocycles. The van der Waals surface area contributed by atoms with E-state index in [4.69, 9.17) is 5.73 Å². The van der Waals surface area contributed by atoms with E-state index in [2.05, 4.69) is 12.6 Å². The Morgan fingerprint density at radius 3 is 2.92 bits per heavy atom. The second-order valence-corrected chi connectivity index (χ2v) is 4.22. The number of carbonyl (C=O) groups excluding carboxylic acids is 1. The summed E-state index contributed by atoms with van der Waals surface area (Å²) in [4.78, 5) is 12.0. The van der Waals surface area contributed by atoms with E-state index in [9.17, 15) is 4.79 Å². The summed E-state index contributed by atoms with van der Waals surface area (Å²) in [5.74, 6) is 0. The number of carbonyl (C=O) groups is 1. The molecule has 0 saturated heterocycles. The maximum atomic E-state index is 10.5. The van der Waals surface area contributed by atoms with Gasteiger partial charge in [-0.25, -0.2) is 0 Å². The highest BCUT2D eigenvalue weighted by Gasteiger charge is 2.05. The van der Waals surface area contributed by atoms with Crippen molar-refractivity contribution in [2.24, 2.45) is 0 Å². The van der Waals surface area contributed by atoms with E-state index in [1.54, 1.807) is 6.07 Å². The molecule has 1 aromatic carbocycles. The number of nitrogens with two attached hydrogens (primary N) is 1. The van der Waals surface area contributed by atoms with Crippen LogP contribution >= 0.6 is 24.0 Å². The van der Waals surface area contributed by atoms with E-state index < -0.39 is 0 Å². The van der Waals surface area contributed by atoms with E-state index in [1.807, 2.05) is 12.1 Å². The van der Waals surface area contributed by atoms with Crippen LogP contribution in [0.1, 0.15) is 9.67 Å². The van der Waals surface area contributed by atoms with Gasteiger partial charge in [0.15, 0.2) is 6.29 Å². The van der Waals surface area contributed by atoms with Crippen LogP contribution in [0.5, 0.6) is 0 Å². The molecule has 0 aliphatic carbocycles. The monoisotopic (exact) mass is 209 g/mol. The average Bonchev–Trinajstić information content (AvgIpc) is 2.55. The lowest BCUT2D eigenvalue weighted by molar-refractivity contribution is 0.112. The average molecular weight is 209 g/mol. The van der Waals surface area contributed by atoms with Crippen molar-refractivity contribution in [3.8, 4) is 0 Å². The van der Waals surface area contributed by atoms with Crippen molar-refractivity contribution in [2.45, 2.75) is 4.90 Å². The molecule has 0 bridgehead atoms. The van der Waals surface area contributed by atoms with Gasteiger partial charge < -0.3 is 5.73 Å². The van der Waals surface area contributed by atoms with Crippen LogP contribution in [0.2, 0.25) is 0 Å². The van der Waals surface area contributed by atoms with Gasteiger partial charge in [-0.05, 0) is 17.5 Å². The SMILES string of the molecule is Nc1ccc2cc(C=O)sc2c1S. The minimum atomic E-state index is 0.648. The molecule has 0 unspecified atom stereocenters. The highest BCUT2D eigenvalue weighted by Crippen LogP contribution is 2.33. The normalized spacial score (nSPS) is 10.5. The summed E-state index contributed by atoms with van der Waals surface area (Å²) < 4.78 is 0.977. The molecule has 0 spiro atoms. The summed E-state index contributed by atoms with van der Waals surface area (Å²) in [6, 6.07) is 5.53. The first kappa shape index (κ1) is 8.59. The highest BCUT2D eigenvalue weighted by atomic mass is 32.1. The number of hydrogen-bond acceptors (Lipinski definition) is 4. The zero-order chi connectivity index (χ0) is 9.42. The molecular formula is C9H7NOS2. The molecule has 2 nitrogen and oxygen atoms in total. The Balaban J connectivity index is 2.83. The van der Waals surface area contributed by atoms with Gasteiger partial charge in [-0.3, -0.25) is 4.79 Å². The molecule has 2 aromatic rings. The second-order valence-electron chi connectivity index (χ2n) is 2.69. The number of anilines is 1. The van der Waals surface area contributed by atoms with Crippen molar-refractivity contribution in [3.63, 3.8) is 0 Å². The van der Waals surface area contributed by atoms with Crippen LogP contribution in [0.25, 0.3) is 10.1 Å². The molecule has 4 heteroatoms. The summed E-state index contributed by atoms with van der Waals surface area (Å²) in [6.45, 7) is 0. The van der Waals surface area contributed by atoms with Crippen LogP contribution in [0, 0.1) is 0 Å². The smallest absolute Gasteiger partial charge is 0.160 e. The number of thiol groups is 1. The van der Waals surface area contributed by atoms with Crippen LogP contribution in [0.4, 0.5) is 5.69 Å². The van der Waals surface area contributed by atoms with Gasteiger partial charge in [-0.2, -0.15) is 0 Å². The first-order chi connectivity index (χ1) is 6.22. The van der Waals surface area contributed by atoms with Gasteiger partial charge in [0, 0.05) is 10.6 Å². The molecule has 2 rings (SSSR count). The second kappa shape index (κ2) is 3.05. The molecule has 0 fully saturated rings. The first-order valence-corrected chi connectivity index (χ1v) is 4.95. The number of nitrogen functional groups attached to an aromatic ring is 1. The van der Waals surface area contributed by atoms with Crippen molar-refractivity contribution in [3.05, 3.63) is 23.1 Å². The number of aldehydes is 1. The maximum absolute atomic E-state index is 10.5. The molecule has 1 aromatic heterocycles. The molecule has 0 atom stereocenters. The summed E-state index contributed by atoms with van der Waals surface area (Å²) in [5, 5.41) is 1.02. The molecule has 1 heterocycles. The first-order valence-electron chi connectivity index (χ1n) is 3.68. The number of benzene rings is 1. The van der Waals surface area contributed by atoms with Crippen LogP contribution in [-0.4, -0.2) is 6.29 Å². The molecule has 0 radical (unpaired) electrons. The third kappa shape index (κ3) is 1.32. The third-order valence-electron chi connectivity index (χ3n) is 1.83. The molecule has 13 heavy (non-hydrogen) atoms. The van der Waals surface area contributed by atoms with Crippen molar-refractivity contribution in [1.82, 2.24) is 0 Å². The topological polar surface area (TPSA) is 43.1 Å². The predicted molar refractivity (Wildman–Crippen MR) is 58.9 cm³/mol. The number of thiophene rings is 1. The fraction of sp³-hybridized carbons (Fsp3) is 0. The molecule has 0 amide bonds. The summed E-state index contributed by atoms with van der Waals surface area (Å²) >= 11 is 5.70. The molecule has 0 aliphatic heterocycles. The Kier molecular flexibility index (Phi) is 2.01. The van der Waals surface area contributed by atoms with Crippen LogP contribution in [0.3, 0.4) is 0 Å². The number of fused-ring (bicyclic) bond motifs is 1. The highest BCUT2D eigenvalue weighted by molar-refractivity contribution is 7.81. The largest absolute Gasteiger partial charge is 0.398 e. The number of hydrogen-bond donors (Lipinski definition) is 2. The maximum Gasteiger partial charge on any atom is 0.160 e. The minimum absolute atomic E-state index is 0.648. The van der Waals surface area contributed by atoms with E-state index in [0.29, 0.717) is 10.6 Å². The Bertz CT molecular complexity index is 476. The molecule has 0 aliphatic rings. The van der Waals surface area contributed by atoms with Crippen molar-refractivity contribution < 1.29 is 4.79 Å². The fourth-order valence-electron chi connectivity index (χ4n) is 1.18. The Hall–Kier alpha value is -1.00. The van der Waals surface area contributed by atoms with E-state index in [0.717, 1.165) is 21.3 Å². The standard InChI is InChI=1S/C9H7NOS2/c10-7-2-1-5-3-6(4-11)13-9(5)8(7)12/h1-4,12H,10H2. The molecule has 66 valence electrons. The molecular weight excluding hydrogens is 202 g/mol. The van der Waals surface area contributed by atoms with Crippen LogP contribution in [-0.2, 0) is 0 Å². The van der Waals surface area contributed by atoms with Crippen molar-refractivity contribution in [1.29, 1.82) is 0 Å². The Morgan fingerprint density at radius 2 is 2.23 bits per heavy atom. The van der Waals surface area contributed by atoms with Gasteiger partial charge in [-0.1, -0.05) is 6.07 Å². The Morgan fingerprint density at radius 1 is 1.46 bits per heavy atom. The predicted octanol–water partition coefficient (Wildman–Crippen LogP) is 2.58. The van der Waals surface area contributed by atoms with E-state index in [1.165, 1.54) is 11.3 Å². The van der Waals surface area contributed by atoms with Crippen LogP contribution < -0.4 is 5.73 Å². The lowest BCUT2D eigenvalue weighted by atomic mass is 10.2. The van der Waals surface area contributed by atoms with Gasteiger partial charge in [0.2, 0.25) is 0 Å². The third-order valence-corrected chi connectivity index (χ3v) is 3.55. The van der Waals surface area contributed by atoms with Gasteiger partial charge in [0.1, 0.15) is 0 Å². The van der Waals surface area contributed by atoms with Crippen LogP contribution in [0.15, 0.2) is 23.1 Å². The lowest BCUT2D eigenvalue weighted by Gasteiger charge is -1.98. The number of rotatable bonds is 1. The zero-order valence-corrected chi connectivity index (χ0v) is 8.36. The van der Waals surface area contributed by atoms with E-state index >= 15 is 0 Å². The summed E-state index contributed by atoms with van der Waals surface area (Å²) in [5.41, 5.74) is 6.33. The van der Waals surface area contributed by atoms with Gasteiger partial charge >= 0.3 is 0 Å². The lowest BCUT2D eigenvalue weighted by Crippen LogP contribution is -1.84. The van der Waals surface area contributed by atoms with Crippen molar-refractivity contribution >= 4 is 46.0 Å². The van der Waals surface area contributed by atoms with Gasteiger partial charge in [-0.15, -0.1) is 24.0 Å².